The molecule has 0 aliphatic carbocycles. The first-order valence-electron chi connectivity index (χ1n) is 7.61. The minimum atomic E-state index is -0.00440. The highest BCUT2D eigenvalue weighted by atomic mass is 16.5. The van der Waals surface area contributed by atoms with Crippen molar-refractivity contribution in [3.63, 3.8) is 0 Å². The average Bonchev–Trinajstić information content (AvgIpc) is 2.79. The maximum absolute atomic E-state index is 6.41. The first kappa shape index (κ1) is 13.9. The van der Waals surface area contributed by atoms with E-state index in [1.807, 2.05) is 25.1 Å². The van der Waals surface area contributed by atoms with Crippen molar-refractivity contribution in [3.8, 4) is 5.75 Å². The summed E-state index contributed by atoms with van der Waals surface area (Å²) in [7, 11) is 0. The van der Waals surface area contributed by atoms with Crippen LogP contribution in [0.25, 0.3) is 0 Å². The van der Waals surface area contributed by atoms with Gasteiger partial charge in [0.25, 0.3) is 0 Å². The maximum Gasteiger partial charge on any atom is 0.124 e. The summed E-state index contributed by atoms with van der Waals surface area (Å²) in [5.41, 5.74) is 7.51. The van der Waals surface area contributed by atoms with Crippen molar-refractivity contribution < 1.29 is 9.47 Å². The molecule has 1 aromatic rings. The Morgan fingerprint density at radius 1 is 1.30 bits per heavy atom. The van der Waals surface area contributed by atoms with Gasteiger partial charge in [-0.05, 0) is 25.8 Å². The van der Waals surface area contributed by atoms with Crippen LogP contribution in [0.4, 0.5) is 0 Å². The van der Waals surface area contributed by atoms with E-state index in [2.05, 4.69) is 11.0 Å². The van der Waals surface area contributed by atoms with E-state index < -0.39 is 0 Å². The van der Waals surface area contributed by atoms with Gasteiger partial charge in [0, 0.05) is 31.2 Å². The van der Waals surface area contributed by atoms with E-state index >= 15 is 0 Å². The van der Waals surface area contributed by atoms with Crippen LogP contribution in [0.3, 0.4) is 0 Å². The Hall–Kier alpha value is -1.10. The fraction of sp³-hybridized carbons (Fsp3) is 0.625. The first-order valence-corrected chi connectivity index (χ1v) is 7.61. The fourth-order valence-corrected chi connectivity index (χ4v) is 3.30. The van der Waals surface area contributed by atoms with Crippen LogP contribution in [0.1, 0.15) is 31.4 Å². The number of ether oxygens (including phenoxy) is 2. The highest BCUT2D eigenvalue weighted by molar-refractivity contribution is 5.36. The van der Waals surface area contributed by atoms with Crippen LogP contribution in [-0.2, 0) is 4.74 Å². The molecule has 3 atom stereocenters. The van der Waals surface area contributed by atoms with Crippen molar-refractivity contribution in [2.45, 2.75) is 38.0 Å². The molecule has 4 heteroatoms. The second-order valence-corrected chi connectivity index (χ2v) is 5.75. The number of para-hydroxylation sites is 1. The molecule has 1 aromatic carbocycles. The summed E-state index contributed by atoms with van der Waals surface area (Å²) in [6, 6.07) is 8.10. The van der Waals surface area contributed by atoms with Gasteiger partial charge in [-0.1, -0.05) is 18.2 Å². The van der Waals surface area contributed by atoms with Crippen LogP contribution in [-0.4, -0.2) is 43.3 Å². The molecule has 3 unspecified atom stereocenters. The van der Waals surface area contributed by atoms with Crippen LogP contribution >= 0.6 is 0 Å². The summed E-state index contributed by atoms with van der Waals surface area (Å²) >= 11 is 0. The van der Waals surface area contributed by atoms with Gasteiger partial charge < -0.3 is 15.2 Å². The van der Waals surface area contributed by atoms with Gasteiger partial charge in [0.2, 0.25) is 0 Å². The highest BCUT2D eigenvalue weighted by Gasteiger charge is 2.34. The molecule has 3 rings (SSSR count). The predicted molar refractivity (Wildman–Crippen MR) is 78.9 cm³/mol. The molecule has 2 saturated heterocycles. The summed E-state index contributed by atoms with van der Waals surface area (Å²) in [6.45, 7) is 5.58. The van der Waals surface area contributed by atoms with Crippen LogP contribution in [0.15, 0.2) is 24.3 Å². The van der Waals surface area contributed by atoms with Gasteiger partial charge in [-0.15, -0.1) is 0 Å². The molecular weight excluding hydrogens is 252 g/mol. The van der Waals surface area contributed by atoms with E-state index in [0.717, 1.165) is 30.9 Å². The third-order valence-electron chi connectivity index (χ3n) is 4.19. The summed E-state index contributed by atoms with van der Waals surface area (Å²) in [5, 5.41) is 0. The number of fused-ring (bicyclic) bond motifs is 2. The lowest BCUT2D eigenvalue weighted by Gasteiger charge is -2.34. The Morgan fingerprint density at radius 2 is 2.00 bits per heavy atom. The van der Waals surface area contributed by atoms with Gasteiger partial charge in [-0.3, -0.25) is 4.90 Å². The third kappa shape index (κ3) is 2.97. The van der Waals surface area contributed by atoms with Gasteiger partial charge in [-0.2, -0.15) is 0 Å². The maximum atomic E-state index is 6.41. The minimum Gasteiger partial charge on any atom is -0.494 e. The van der Waals surface area contributed by atoms with Crippen LogP contribution < -0.4 is 10.5 Å². The molecule has 2 aliphatic rings. The average molecular weight is 276 g/mol. The van der Waals surface area contributed by atoms with Crippen molar-refractivity contribution in [1.29, 1.82) is 0 Å². The number of rotatable bonds is 5. The topological polar surface area (TPSA) is 47.7 Å². The van der Waals surface area contributed by atoms with Crippen LogP contribution in [0.5, 0.6) is 5.75 Å². The number of benzene rings is 1. The van der Waals surface area contributed by atoms with Crippen molar-refractivity contribution in [2.75, 3.05) is 26.2 Å². The van der Waals surface area contributed by atoms with Gasteiger partial charge >= 0.3 is 0 Å². The zero-order valence-corrected chi connectivity index (χ0v) is 12.1. The van der Waals surface area contributed by atoms with Crippen molar-refractivity contribution in [1.82, 2.24) is 4.90 Å². The van der Waals surface area contributed by atoms with E-state index in [9.17, 15) is 0 Å². The van der Waals surface area contributed by atoms with Crippen molar-refractivity contribution in [3.05, 3.63) is 29.8 Å². The fourth-order valence-electron chi connectivity index (χ4n) is 3.30. The Morgan fingerprint density at radius 3 is 2.70 bits per heavy atom. The molecule has 2 bridgehead atoms. The van der Waals surface area contributed by atoms with E-state index in [0.29, 0.717) is 18.8 Å². The number of morpholine rings is 1. The normalized spacial score (nSPS) is 27.5. The molecule has 0 radical (unpaired) electrons. The minimum absolute atomic E-state index is 0.00440. The van der Waals surface area contributed by atoms with Crippen LogP contribution in [0.2, 0.25) is 0 Å². The lowest BCUT2D eigenvalue weighted by atomic mass is 10.1. The van der Waals surface area contributed by atoms with E-state index in [-0.39, 0.29) is 6.04 Å². The molecule has 4 nitrogen and oxygen atoms in total. The summed E-state index contributed by atoms with van der Waals surface area (Å²) in [4.78, 5) is 2.44. The van der Waals surface area contributed by atoms with Crippen molar-refractivity contribution in [2.24, 2.45) is 5.73 Å². The molecule has 0 saturated carbocycles. The van der Waals surface area contributed by atoms with Crippen molar-refractivity contribution >= 4 is 0 Å². The first-order chi connectivity index (χ1) is 9.76. The molecule has 110 valence electrons. The molecule has 2 aliphatic heterocycles. The molecule has 0 aromatic heterocycles. The Labute approximate surface area is 120 Å². The molecule has 2 heterocycles. The van der Waals surface area contributed by atoms with Crippen LogP contribution in [0, 0.1) is 0 Å². The SMILES string of the molecule is CCOc1ccccc1C(N)CN1CC2CCC(C1)O2. The highest BCUT2D eigenvalue weighted by Crippen LogP contribution is 2.29. The van der Waals surface area contributed by atoms with E-state index in [1.165, 1.54) is 12.8 Å². The number of likely N-dealkylation sites (tertiary alicyclic amines) is 1. The predicted octanol–water partition coefficient (Wildman–Crippen LogP) is 1.95. The lowest BCUT2D eigenvalue weighted by Crippen LogP contribution is -2.45. The largest absolute Gasteiger partial charge is 0.494 e. The standard InChI is InChI=1S/C16H24N2O2/c1-2-19-16-6-4-3-5-14(16)15(17)11-18-9-12-7-8-13(10-18)20-12/h3-6,12-13,15H,2,7-11,17H2,1H3. The number of nitrogens with zero attached hydrogens (tertiary/aromatic N) is 1. The Kier molecular flexibility index (Phi) is 4.24. The lowest BCUT2D eigenvalue weighted by molar-refractivity contribution is -0.0397. The monoisotopic (exact) mass is 276 g/mol. The molecule has 20 heavy (non-hydrogen) atoms. The smallest absolute Gasteiger partial charge is 0.124 e. The quantitative estimate of drug-likeness (QED) is 0.893. The van der Waals surface area contributed by atoms with Gasteiger partial charge in [-0.25, -0.2) is 0 Å². The summed E-state index contributed by atoms with van der Waals surface area (Å²) in [6.07, 6.45) is 3.24. The third-order valence-corrected chi connectivity index (χ3v) is 4.19. The van der Waals surface area contributed by atoms with Gasteiger partial charge in [0.15, 0.2) is 0 Å². The molecule has 0 spiro atoms. The number of hydrogen-bond acceptors (Lipinski definition) is 4. The molecular formula is C16H24N2O2. The number of nitrogens with two attached hydrogens (primary N) is 1. The Balaban J connectivity index is 1.65. The van der Waals surface area contributed by atoms with Gasteiger partial charge in [0.1, 0.15) is 5.75 Å². The summed E-state index contributed by atoms with van der Waals surface area (Å²) in [5.74, 6) is 0.915. The molecule has 2 fully saturated rings. The van der Waals surface area contributed by atoms with Gasteiger partial charge in [0.05, 0.1) is 18.8 Å². The van der Waals surface area contributed by atoms with E-state index in [4.69, 9.17) is 15.2 Å². The second kappa shape index (κ2) is 6.12. The summed E-state index contributed by atoms with van der Waals surface area (Å²) < 4.78 is 11.5. The second-order valence-electron chi connectivity index (χ2n) is 5.75. The zero-order valence-electron chi connectivity index (χ0n) is 12.1. The number of hydrogen-bond donors (Lipinski definition) is 1. The molecule has 2 N–H and O–H groups in total. The van der Waals surface area contributed by atoms with E-state index in [1.54, 1.807) is 0 Å². The Bertz CT molecular complexity index is 440. The zero-order chi connectivity index (χ0) is 13.9. The molecule has 0 amide bonds.